The van der Waals surface area contributed by atoms with Gasteiger partial charge in [0.15, 0.2) is 0 Å². The Labute approximate surface area is 96.5 Å². The van der Waals surface area contributed by atoms with Gasteiger partial charge < -0.3 is 10.2 Å². The molecule has 0 bridgehead atoms. The highest BCUT2D eigenvalue weighted by atomic mass is 16.1. The fourth-order valence-electron chi connectivity index (χ4n) is 2.17. The van der Waals surface area contributed by atoms with Gasteiger partial charge in [-0.3, -0.25) is 4.79 Å². The zero-order valence-corrected chi connectivity index (χ0v) is 9.86. The molecular formula is C13H18N2O. The Morgan fingerprint density at radius 3 is 2.50 bits per heavy atom. The topological polar surface area (TPSA) is 32.3 Å². The lowest BCUT2D eigenvalue weighted by Gasteiger charge is -2.21. The molecule has 0 unspecified atom stereocenters. The molecule has 1 aromatic rings. The molecule has 1 aliphatic rings. The molecule has 0 spiro atoms. The Hall–Kier alpha value is -1.51. The monoisotopic (exact) mass is 218 g/mol. The van der Waals surface area contributed by atoms with Crippen molar-refractivity contribution < 1.29 is 4.79 Å². The Kier molecular flexibility index (Phi) is 2.86. The maximum absolute atomic E-state index is 10.3. The Bertz CT molecular complexity index is 370. The molecular weight excluding hydrogens is 200 g/mol. The summed E-state index contributed by atoms with van der Waals surface area (Å²) in [5.74, 6) is 0. The molecule has 3 heteroatoms. The highest BCUT2D eigenvalue weighted by Gasteiger charge is 2.28. The summed E-state index contributed by atoms with van der Waals surface area (Å²) in [6, 6.07) is 8.00. The number of rotatable bonds is 3. The first-order valence-corrected chi connectivity index (χ1v) is 5.66. The summed E-state index contributed by atoms with van der Waals surface area (Å²) in [5.41, 5.74) is 2.50. The van der Waals surface area contributed by atoms with Crippen LogP contribution < -0.4 is 10.2 Å². The van der Waals surface area contributed by atoms with E-state index in [4.69, 9.17) is 0 Å². The molecule has 0 aliphatic carbocycles. The van der Waals surface area contributed by atoms with Crippen LogP contribution in [0.15, 0.2) is 24.3 Å². The zero-order valence-electron chi connectivity index (χ0n) is 9.86. The maximum Gasteiger partial charge on any atom is 0.211 e. The van der Waals surface area contributed by atoms with Gasteiger partial charge >= 0.3 is 0 Å². The number of carbonyl (C=O) groups excluding carboxylic acids is 1. The predicted molar refractivity (Wildman–Crippen MR) is 66.7 cm³/mol. The first kappa shape index (κ1) is 11.0. The molecule has 0 saturated carbocycles. The van der Waals surface area contributed by atoms with E-state index < -0.39 is 0 Å². The van der Waals surface area contributed by atoms with Crippen LogP contribution in [0.3, 0.4) is 0 Å². The normalized spacial score (nSPS) is 18.5. The Morgan fingerprint density at radius 2 is 2.00 bits per heavy atom. The van der Waals surface area contributed by atoms with Crippen molar-refractivity contribution in [1.29, 1.82) is 0 Å². The summed E-state index contributed by atoms with van der Waals surface area (Å²) in [6.45, 7) is 6.82. The lowest BCUT2D eigenvalue weighted by atomic mass is 9.93. The number of hydrogen-bond donors (Lipinski definition) is 1. The van der Waals surface area contributed by atoms with Gasteiger partial charge in [0.2, 0.25) is 6.41 Å². The summed E-state index contributed by atoms with van der Waals surface area (Å²) in [5, 5.41) is 2.64. The smallest absolute Gasteiger partial charge is 0.211 e. The van der Waals surface area contributed by atoms with Crippen molar-refractivity contribution >= 4 is 17.8 Å². The quantitative estimate of drug-likeness (QED) is 0.790. The summed E-state index contributed by atoms with van der Waals surface area (Å²) < 4.78 is 0. The number of benzene rings is 1. The van der Waals surface area contributed by atoms with E-state index in [0.717, 1.165) is 18.8 Å². The summed E-state index contributed by atoms with van der Waals surface area (Å²) >= 11 is 0. The molecule has 1 aromatic carbocycles. The standard InChI is InChI=1S/C13H18N2O/c1-13(2)7-8-15(9-13)12-5-3-11(4-6-12)14-10-16/h3-6,10H,7-9H2,1-2H3,(H,14,16). The molecule has 16 heavy (non-hydrogen) atoms. The first-order chi connectivity index (χ1) is 7.61. The average molecular weight is 218 g/mol. The third-order valence-electron chi connectivity index (χ3n) is 3.14. The molecule has 1 saturated heterocycles. The van der Waals surface area contributed by atoms with Crippen LogP contribution >= 0.6 is 0 Å². The van der Waals surface area contributed by atoms with Gasteiger partial charge in [0.1, 0.15) is 0 Å². The van der Waals surface area contributed by atoms with Gasteiger partial charge in [-0.25, -0.2) is 0 Å². The molecule has 0 radical (unpaired) electrons. The number of nitrogens with zero attached hydrogens (tertiary/aromatic N) is 1. The molecule has 1 aliphatic heterocycles. The molecule has 86 valence electrons. The highest BCUT2D eigenvalue weighted by Crippen LogP contribution is 2.32. The molecule has 3 nitrogen and oxygen atoms in total. The van der Waals surface area contributed by atoms with Crippen LogP contribution in [0.1, 0.15) is 20.3 Å². The third kappa shape index (κ3) is 2.35. The minimum Gasteiger partial charge on any atom is -0.371 e. The molecule has 1 amide bonds. The highest BCUT2D eigenvalue weighted by molar-refractivity contribution is 5.72. The van der Waals surface area contributed by atoms with E-state index in [1.807, 2.05) is 12.1 Å². The summed E-state index contributed by atoms with van der Waals surface area (Å²) in [4.78, 5) is 12.7. The third-order valence-corrected chi connectivity index (χ3v) is 3.14. The zero-order chi connectivity index (χ0) is 11.6. The van der Waals surface area contributed by atoms with Gasteiger partial charge in [0.25, 0.3) is 0 Å². The van der Waals surface area contributed by atoms with Crippen molar-refractivity contribution in [3.63, 3.8) is 0 Å². The second kappa shape index (κ2) is 4.16. The number of anilines is 2. The number of nitrogens with one attached hydrogen (secondary N) is 1. The van der Waals surface area contributed by atoms with Crippen LogP contribution in [-0.4, -0.2) is 19.5 Å². The average Bonchev–Trinajstić information content (AvgIpc) is 2.61. The number of carbonyl (C=O) groups is 1. The SMILES string of the molecule is CC1(C)CCN(c2ccc(NC=O)cc2)C1. The van der Waals surface area contributed by atoms with Gasteiger partial charge in [0.05, 0.1) is 0 Å². The second-order valence-corrected chi connectivity index (χ2v) is 5.14. The number of amides is 1. The van der Waals surface area contributed by atoms with Crippen LogP contribution in [0.5, 0.6) is 0 Å². The maximum atomic E-state index is 10.3. The Morgan fingerprint density at radius 1 is 1.31 bits per heavy atom. The summed E-state index contributed by atoms with van der Waals surface area (Å²) in [7, 11) is 0. The van der Waals surface area contributed by atoms with Crippen molar-refractivity contribution in [2.75, 3.05) is 23.3 Å². The van der Waals surface area contributed by atoms with Crippen molar-refractivity contribution in [2.45, 2.75) is 20.3 Å². The minimum absolute atomic E-state index is 0.416. The van der Waals surface area contributed by atoms with Crippen LogP contribution in [-0.2, 0) is 4.79 Å². The van der Waals surface area contributed by atoms with Crippen LogP contribution in [0, 0.1) is 5.41 Å². The van der Waals surface area contributed by atoms with Crippen molar-refractivity contribution in [3.8, 4) is 0 Å². The van der Waals surface area contributed by atoms with E-state index >= 15 is 0 Å². The van der Waals surface area contributed by atoms with Crippen molar-refractivity contribution in [2.24, 2.45) is 5.41 Å². The van der Waals surface area contributed by atoms with Crippen LogP contribution in [0.25, 0.3) is 0 Å². The van der Waals surface area contributed by atoms with Gasteiger partial charge in [-0.1, -0.05) is 13.8 Å². The van der Waals surface area contributed by atoms with E-state index in [1.54, 1.807) is 0 Å². The molecule has 0 aromatic heterocycles. The van der Waals surface area contributed by atoms with Gasteiger partial charge in [-0.15, -0.1) is 0 Å². The van der Waals surface area contributed by atoms with Gasteiger partial charge in [0, 0.05) is 24.5 Å². The first-order valence-electron chi connectivity index (χ1n) is 5.66. The van der Waals surface area contributed by atoms with E-state index in [9.17, 15) is 4.79 Å². The van der Waals surface area contributed by atoms with Crippen molar-refractivity contribution in [1.82, 2.24) is 0 Å². The molecule has 2 rings (SSSR count). The minimum atomic E-state index is 0.416. The van der Waals surface area contributed by atoms with E-state index in [2.05, 4.69) is 36.2 Å². The van der Waals surface area contributed by atoms with Crippen LogP contribution in [0.2, 0.25) is 0 Å². The fourth-order valence-corrected chi connectivity index (χ4v) is 2.17. The number of hydrogen-bond acceptors (Lipinski definition) is 2. The van der Waals surface area contributed by atoms with E-state index in [0.29, 0.717) is 11.8 Å². The van der Waals surface area contributed by atoms with E-state index in [-0.39, 0.29) is 0 Å². The summed E-state index contributed by atoms with van der Waals surface area (Å²) in [6.07, 6.45) is 1.94. The molecule has 1 N–H and O–H groups in total. The molecule has 1 fully saturated rings. The van der Waals surface area contributed by atoms with E-state index in [1.165, 1.54) is 12.1 Å². The largest absolute Gasteiger partial charge is 0.371 e. The molecule has 0 atom stereocenters. The van der Waals surface area contributed by atoms with Gasteiger partial charge in [-0.2, -0.15) is 0 Å². The lowest BCUT2D eigenvalue weighted by molar-refractivity contribution is -0.105. The molecule has 1 heterocycles. The second-order valence-electron chi connectivity index (χ2n) is 5.14. The lowest BCUT2D eigenvalue weighted by Crippen LogP contribution is -2.22. The Balaban J connectivity index is 2.08. The fraction of sp³-hybridized carbons (Fsp3) is 0.462. The van der Waals surface area contributed by atoms with Crippen LogP contribution in [0.4, 0.5) is 11.4 Å². The predicted octanol–water partition coefficient (Wildman–Crippen LogP) is 2.49. The van der Waals surface area contributed by atoms with Crippen molar-refractivity contribution in [3.05, 3.63) is 24.3 Å². The van der Waals surface area contributed by atoms with Gasteiger partial charge in [-0.05, 0) is 36.1 Å².